The molecule has 114 valence electrons. The summed E-state index contributed by atoms with van der Waals surface area (Å²) in [6, 6.07) is 12.3. The Hall–Kier alpha value is -2.34. The molecule has 0 saturated heterocycles. The van der Waals surface area contributed by atoms with Crippen LogP contribution < -0.4 is 5.32 Å². The van der Waals surface area contributed by atoms with Gasteiger partial charge in [-0.05, 0) is 46.1 Å². The zero-order valence-corrected chi connectivity index (χ0v) is 13.4. The van der Waals surface area contributed by atoms with Gasteiger partial charge < -0.3 is 9.84 Å². The molecule has 0 aliphatic heterocycles. The maximum absolute atomic E-state index is 11.8. The van der Waals surface area contributed by atoms with Crippen molar-refractivity contribution in [3.05, 3.63) is 63.6 Å². The Bertz CT molecular complexity index is 701. The predicted molar refractivity (Wildman–Crippen MR) is 86.1 cm³/mol. The van der Waals surface area contributed by atoms with Crippen molar-refractivity contribution < 1.29 is 19.4 Å². The van der Waals surface area contributed by atoms with Crippen LogP contribution in [0.3, 0.4) is 0 Å². The lowest BCUT2D eigenvalue weighted by Crippen LogP contribution is -2.14. The molecule has 0 fully saturated rings. The standard InChI is InChI=1S/C16H14BrNO4/c1-10-12(15(19)20)7-8-13(14(10)17)18-16(21)22-9-11-5-3-2-4-6-11/h2-8H,9H2,1H3,(H,18,21)(H,19,20). The monoisotopic (exact) mass is 363 g/mol. The number of anilines is 1. The van der Waals surface area contributed by atoms with Gasteiger partial charge in [0.25, 0.3) is 0 Å². The minimum Gasteiger partial charge on any atom is -0.478 e. The molecule has 0 heterocycles. The Morgan fingerprint density at radius 2 is 1.86 bits per heavy atom. The van der Waals surface area contributed by atoms with Gasteiger partial charge in [0.15, 0.2) is 0 Å². The van der Waals surface area contributed by atoms with E-state index in [1.807, 2.05) is 30.3 Å². The van der Waals surface area contributed by atoms with Crippen molar-refractivity contribution in [2.45, 2.75) is 13.5 Å². The number of ether oxygens (including phenoxy) is 1. The van der Waals surface area contributed by atoms with Crippen LogP contribution in [-0.2, 0) is 11.3 Å². The summed E-state index contributed by atoms with van der Waals surface area (Å²) in [6.45, 7) is 1.82. The lowest BCUT2D eigenvalue weighted by atomic mass is 10.1. The van der Waals surface area contributed by atoms with Crippen molar-refractivity contribution in [3.63, 3.8) is 0 Å². The van der Waals surface area contributed by atoms with Gasteiger partial charge in [-0.3, -0.25) is 5.32 Å². The summed E-state index contributed by atoms with van der Waals surface area (Å²) in [6.07, 6.45) is -0.605. The first-order chi connectivity index (χ1) is 10.5. The van der Waals surface area contributed by atoms with Gasteiger partial charge in [-0.25, -0.2) is 9.59 Å². The van der Waals surface area contributed by atoms with Gasteiger partial charge in [0, 0.05) is 4.47 Å². The first-order valence-electron chi connectivity index (χ1n) is 6.49. The lowest BCUT2D eigenvalue weighted by molar-refractivity contribution is 0.0696. The molecule has 0 aliphatic rings. The molecule has 0 aromatic heterocycles. The summed E-state index contributed by atoms with van der Waals surface area (Å²) < 4.78 is 5.64. The van der Waals surface area contributed by atoms with E-state index in [-0.39, 0.29) is 12.2 Å². The van der Waals surface area contributed by atoms with Crippen molar-refractivity contribution in [2.75, 3.05) is 5.32 Å². The van der Waals surface area contributed by atoms with Crippen molar-refractivity contribution in [3.8, 4) is 0 Å². The third-order valence-corrected chi connectivity index (χ3v) is 4.09. The Morgan fingerprint density at radius 3 is 2.50 bits per heavy atom. The average molecular weight is 364 g/mol. The van der Waals surface area contributed by atoms with Crippen LogP contribution in [0.1, 0.15) is 21.5 Å². The number of carbonyl (C=O) groups is 2. The van der Waals surface area contributed by atoms with E-state index in [9.17, 15) is 9.59 Å². The third kappa shape index (κ3) is 3.85. The number of rotatable bonds is 4. The largest absolute Gasteiger partial charge is 0.478 e. The van der Waals surface area contributed by atoms with Crippen molar-refractivity contribution in [2.24, 2.45) is 0 Å². The van der Waals surface area contributed by atoms with Crippen molar-refractivity contribution in [1.82, 2.24) is 0 Å². The molecule has 0 spiro atoms. The van der Waals surface area contributed by atoms with Crippen molar-refractivity contribution >= 4 is 33.7 Å². The molecule has 0 saturated carbocycles. The van der Waals surface area contributed by atoms with Crippen LogP contribution in [-0.4, -0.2) is 17.2 Å². The molecule has 0 aliphatic carbocycles. The van der Waals surface area contributed by atoms with E-state index in [4.69, 9.17) is 9.84 Å². The molecular weight excluding hydrogens is 350 g/mol. The third-order valence-electron chi connectivity index (χ3n) is 3.07. The highest BCUT2D eigenvalue weighted by molar-refractivity contribution is 9.10. The SMILES string of the molecule is Cc1c(C(=O)O)ccc(NC(=O)OCc2ccccc2)c1Br. The fraction of sp³-hybridized carbons (Fsp3) is 0.125. The molecule has 6 heteroatoms. The van der Waals surface area contributed by atoms with Gasteiger partial charge in [-0.1, -0.05) is 30.3 Å². The maximum Gasteiger partial charge on any atom is 0.411 e. The number of nitrogens with one attached hydrogen (secondary N) is 1. The van der Waals surface area contributed by atoms with Crippen LogP contribution >= 0.6 is 15.9 Å². The lowest BCUT2D eigenvalue weighted by Gasteiger charge is -2.11. The number of halogens is 1. The Balaban J connectivity index is 2.03. The quantitative estimate of drug-likeness (QED) is 0.853. The normalized spacial score (nSPS) is 10.1. The number of benzene rings is 2. The van der Waals surface area contributed by atoms with E-state index >= 15 is 0 Å². The average Bonchev–Trinajstić information content (AvgIpc) is 2.50. The summed E-state index contributed by atoms with van der Waals surface area (Å²) in [5, 5.41) is 11.6. The molecule has 0 atom stereocenters. The second-order valence-electron chi connectivity index (χ2n) is 4.59. The smallest absolute Gasteiger partial charge is 0.411 e. The van der Waals surface area contributed by atoms with E-state index in [2.05, 4.69) is 21.2 Å². The highest BCUT2D eigenvalue weighted by Gasteiger charge is 2.14. The molecule has 0 radical (unpaired) electrons. The highest BCUT2D eigenvalue weighted by atomic mass is 79.9. The number of carbonyl (C=O) groups excluding carboxylic acids is 1. The van der Waals surface area contributed by atoms with E-state index in [0.29, 0.717) is 15.7 Å². The summed E-state index contributed by atoms with van der Waals surface area (Å²) in [5.74, 6) is -1.02. The minimum atomic E-state index is -1.02. The number of amides is 1. The van der Waals surface area contributed by atoms with E-state index in [0.717, 1.165) is 5.56 Å². The number of carboxylic acid groups (broad SMARTS) is 1. The minimum absolute atomic E-state index is 0.163. The summed E-state index contributed by atoms with van der Waals surface area (Å²) in [5.41, 5.74) is 2.05. The van der Waals surface area contributed by atoms with Gasteiger partial charge in [-0.2, -0.15) is 0 Å². The molecule has 0 bridgehead atoms. The number of carboxylic acids is 1. The first-order valence-corrected chi connectivity index (χ1v) is 7.28. The van der Waals surface area contributed by atoms with Crippen LogP contribution in [0.15, 0.2) is 46.9 Å². The Labute approximate surface area is 136 Å². The predicted octanol–water partition coefficient (Wildman–Crippen LogP) is 4.20. The molecule has 2 aromatic carbocycles. The van der Waals surface area contributed by atoms with Gasteiger partial charge >= 0.3 is 12.1 Å². The molecule has 5 nitrogen and oxygen atoms in total. The number of hydrogen-bond donors (Lipinski definition) is 2. The second kappa shape index (κ2) is 7.09. The first kappa shape index (κ1) is 16.0. The van der Waals surface area contributed by atoms with E-state index < -0.39 is 12.1 Å². The summed E-state index contributed by atoms with van der Waals surface area (Å²) >= 11 is 3.29. The van der Waals surface area contributed by atoms with Gasteiger partial charge in [0.1, 0.15) is 6.61 Å². The maximum atomic E-state index is 11.8. The molecule has 2 aromatic rings. The number of aromatic carboxylic acids is 1. The molecule has 2 rings (SSSR count). The zero-order valence-electron chi connectivity index (χ0n) is 11.8. The van der Waals surface area contributed by atoms with Crippen LogP contribution in [0.5, 0.6) is 0 Å². The second-order valence-corrected chi connectivity index (χ2v) is 5.38. The molecule has 1 amide bonds. The highest BCUT2D eigenvalue weighted by Crippen LogP contribution is 2.29. The number of hydrogen-bond acceptors (Lipinski definition) is 3. The topological polar surface area (TPSA) is 75.6 Å². The summed E-state index contributed by atoms with van der Waals surface area (Å²) in [7, 11) is 0. The van der Waals surface area contributed by atoms with Gasteiger partial charge in [-0.15, -0.1) is 0 Å². The van der Waals surface area contributed by atoms with Gasteiger partial charge in [0.05, 0.1) is 11.3 Å². The Kier molecular flexibility index (Phi) is 5.16. The van der Waals surface area contributed by atoms with Crippen molar-refractivity contribution in [1.29, 1.82) is 0 Å². The summed E-state index contributed by atoms with van der Waals surface area (Å²) in [4.78, 5) is 22.8. The van der Waals surface area contributed by atoms with Gasteiger partial charge in [0.2, 0.25) is 0 Å². The fourth-order valence-corrected chi connectivity index (χ4v) is 2.33. The molecule has 0 unspecified atom stereocenters. The molecule has 22 heavy (non-hydrogen) atoms. The van der Waals surface area contributed by atoms with Crippen LogP contribution in [0.4, 0.5) is 10.5 Å². The van der Waals surface area contributed by atoms with E-state index in [1.165, 1.54) is 12.1 Å². The van der Waals surface area contributed by atoms with Crippen LogP contribution in [0, 0.1) is 6.92 Å². The van der Waals surface area contributed by atoms with Crippen LogP contribution in [0.2, 0.25) is 0 Å². The molecular formula is C16H14BrNO4. The van der Waals surface area contributed by atoms with E-state index in [1.54, 1.807) is 6.92 Å². The zero-order chi connectivity index (χ0) is 16.1. The fourth-order valence-electron chi connectivity index (χ4n) is 1.88. The molecule has 2 N–H and O–H groups in total. The Morgan fingerprint density at radius 1 is 1.18 bits per heavy atom. The van der Waals surface area contributed by atoms with Crippen LogP contribution in [0.25, 0.3) is 0 Å².